The van der Waals surface area contributed by atoms with Gasteiger partial charge < -0.3 is 10.1 Å². The highest BCUT2D eigenvalue weighted by Gasteiger charge is 2.30. The summed E-state index contributed by atoms with van der Waals surface area (Å²) in [6.07, 6.45) is -0.166. The predicted octanol–water partition coefficient (Wildman–Crippen LogP) is 4.13. The number of nitrogens with one attached hydrogen (secondary N) is 1. The molecular formula is C17H17ClFNO. The molecule has 0 amide bonds. The van der Waals surface area contributed by atoms with Gasteiger partial charge >= 0.3 is 0 Å². The van der Waals surface area contributed by atoms with Gasteiger partial charge in [-0.3, -0.25) is 0 Å². The van der Waals surface area contributed by atoms with Crippen molar-refractivity contribution in [2.75, 3.05) is 13.1 Å². The highest BCUT2D eigenvalue weighted by Crippen LogP contribution is 2.32. The second-order valence-electron chi connectivity index (χ2n) is 5.44. The summed E-state index contributed by atoms with van der Waals surface area (Å²) in [5.41, 5.74) is 2.01. The standard InChI is InChI=1S/C17H17ClFNO/c1-11-2-5-14(6-3-11)21-17(13-9-20-10-13)12-4-7-15(18)16(19)8-12/h2-8,13,17,20H,9-10H2,1H3/t17-/m1/s1. The van der Waals surface area contributed by atoms with Gasteiger partial charge in [-0.05, 0) is 36.8 Å². The van der Waals surface area contributed by atoms with Crippen LogP contribution in [0, 0.1) is 18.7 Å². The second kappa shape index (κ2) is 6.04. The predicted molar refractivity (Wildman–Crippen MR) is 82.3 cm³/mol. The smallest absolute Gasteiger partial charge is 0.142 e. The van der Waals surface area contributed by atoms with Crippen molar-refractivity contribution in [2.24, 2.45) is 5.92 Å². The molecular weight excluding hydrogens is 289 g/mol. The van der Waals surface area contributed by atoms with Crippen molar-refractivity contribution >= 4 is 11.6 Å². The van der Waals surface area contributed by atoms with E-state index in [0.717, 1.165) is 24.4 Å². The molecule has 1 aliphatic rings. The summed E-state index contributed by atoms with van der Waals surface area (Å²) in [4.78, 5) is 0. The molecule has 1 heterocycles. The first-order chi connectivity index (χ1) is 10.1. The molecule has 0 radical (unpaired) electrons. The molecule has 0 spiro atoms. The van der Waals surface area contributed by atoms with Gasteiger partial charge in [-0.1, -0.05) is 35.4 Å². The molecule has 0 aromatic heterocycles. The number of ether oxygens (including phenoxy) is 1. The summed E-state index contributed by atoms with van der Waals surface area (Å²) < 4.78 is 19.8. The van der Waals surface area contributed by atoms with Crippen LogP contribution in [0.2, 0.25) is 5.02 Å². The lowest BCUT2D eigenvalue weighted by molar-refractivity contribution is 0.0990. The zero-order chi connectivity index (χ0) is 14.8. The van der Waals surface area contributed by atoms with Crippen LogP contribution in [0.4, 0.5) is 4.39 Å². The highest BCUT2D eigenvalue weighted by molar-refractivity contribution is 6.30. The number of benzene rings is 2. The monoisotopic (exact) mass is 305 g/mol. The lowest BCUT2D eigenvalue weighted by atomic mass is 9.90. The molecule has 0 bridgehead atoms. The fourth-order valence-electron chi connectivity index (χ4n) is 2.41. The van der Waals surface area contributed by atoms with Gasteiger partial charge in [0.05, 0.1) is 5.02 Å². The Hall–Kier alpha value is -1.58. The summed E-state index contributed by atoms with van der Waals surface area (Å²) in [5, 5.41) is 3.37. The zero-order valence-electron chi connectivity index (χ0n) is 11.8. The lowest BCUT2D eigenvalue weighted by Crippen LogP contribution is -2.46. The minimum absolute atomic E-state index is 0.138. The molecule has 3 rings (SSSR count). The molecule has 4 heteroatoms. The van der Waals surface area contributed by atoms with Crippen LogP contribution >= 0.6 is 11.6 Å². The van der Waals surface area contributed by atoms with Gasteiger partial charge in [0.1, 0.15) is 17.7 Å². The van der Waals surface area contributed by atoms with E-state index in [9.17, 15) is 4.39 Å². The van der Waals surface area contributed by atoms with E-state index in [4.69, 9.17) is 16.3 Å². The van der Waals surface area contributed by atoms with E-state index in [1.165, 1.54) is 11.6 Å². The van der Waals surface area contributed by atoms with E-state index < -0.39 is 5.82 Å². The van der Waals surface area contributed by atoms with E-state index in [2.05, 4.69) is 5.32 Å². The Morgan fingerprint density at radius 3 is 2.48 bits per heavy atom. The largest absolute Gasteiger partial charge is 0.485 e. The van der Waals surface area contributed by atoms with Crippen molar-refractivity contribution in [1.29, 1.82) is 0 Å². The zero-order valence-corrected chi connectivity index (χ0v) is 12.5. The molecule has 1 saturated heterocycles. The van der Waals surface area contributed by atoms with Crippen LogP contribution in [0.25, 0.3) is 0 Å². The fourth-order valence-corrected chi connectivity index (χ4v) is 2.53. The van der Waals surface area contributed by atoms with Crippen LogP contribution < -0.4 is 10.1 Å². The van der Waals surface area contributed by atoms with Crippen molar-refractivity contribution in [3.8, 4) is 5.75 Å². The molecule has 1 fully saturated rings. The first-order valence-corrected chi connectivity index (χ1v) is 7.40. The van der Waals surface area contributed by atoms with Crippen molar-refractivity contribution in [3.05, 3.63) is 64.4 Å². The average molecular weight is 306 g/mol. The Morgan fingerprint density at radius 2 is 1.90 bits per heavy atom. The first-order valence-electron chi connectivity index (χ1n) is 7.02. The molecule has 2 aromatic carbocycles. The molecule has 1 aliphatic heterocycles. The fraction of sp³-hybridized carbons (Fsp3) is 0.294. The minimum Gasteiger partial charge on any atom is -0.485 e. The van der Waals surface area contributed by atoms with Gasteiger partial charge in [-0.25, -0.2) is 4.39 Å². The summed E-state index contributed by atoms with van der Waals surface area (Å²) in [6.45, 7) is 3.78. The number of aryl methyl sites for hydroxylation is 1. The molecule has 1 N–H and O–H groups in total. The molecule has 21 heavy (non-hydrogen) atoms. The molecule has 0 aliphatic carbocycles. The van der Waals surface area contributed by atoms with Crippen molar-refractivity contribution in [1.82, 2.24) is 5.32 Å². The Morgan fingerprint density at radius 1 is 1.19 bits per heavy atom. The molecule has 0 unspecified atom stereocenters. The topological polar surface area (TPSA) is 21.3 Å². The van der Waals surface area contributed by atoms with Crippen LogP contribution in [-0.2, 0) is 0 Å². The van der Waals surface area contributed by atoms with Crippen molar-refractivity contribution < 1.29 is 9.13 Å². The number of hydrogen-bond donors (Lipinski definition) is 1. The second-order valence-corrected chi connectivity index (χ2v) is 5.85. The van der Waals surface area contributed by atoms with E-state index in [1.807, 2.05) is 37.3 Å². The Kier molecular flexibility index (Phi) is 4.13. The maximum Gasteiger partial charge on any atom is 0.142 e. The minimum atomic E-state index is -0.404. The lowest BCUT2D eigenvalue weighted by Gasteiger charge is -2.35. The van der Waals surface area contributed by atoms with Crippen LogP contribution in [0.15, 0.2) is 42.5 Å². The Bertz CT molecular complexity index is 625. The number of hydrogen-bond acceptors (Lipinski definition) is 2. The first kappa shape index (κ1) is 14.4. The van der Waals surface area contributed by atoms with E-state index in [-0.39, 0.29) is 11.1 Å². The third-order valence-electron chi connectivity index (χ3n) is 3.80. The van der Waals surface area contributed by atoms with Gasteiger partial charge in [0, 0.05) is 19.0 Å². The third kappa shape index (κ3) is 3.20. The van der Waals surface area contributed by atoms with E-state index >= 15 is 0 Å². The van der Waals surface area contributed by atoms with Crippen molar-refractivity contribution in [2.45, 2.75) is 13.0 Å². The number of halogens is 2. The van der Waals surface area contributed by atoms with Crippen LogP contribution in [0.5, 0.6) is 5.75 Å². The summed E-state index contributed by atoms with van der Waals surface area (Å²) >= 11 is 5.76. The highest BCUT2D eigenvalue weighted by atomic mass is 35.5. The maximum absolute atomic E-state index is 13.7. The average Bonchev–Trinajstić information content (AvgIpc) is 2.41. The van der Waals surface area contributed by atoms with Gasteiger partial charge in [-0.2, -0.15) is 0 Å². The van der Waals surface area contributed by atoms with Crippen LogP contribution in [-0.4, -0.2) is 13.1 Å². The van der Waals surface area contributed by atoms with Gasteiger partial charge in [0.2, 0.25) is 0 Å². The van der Waals surface area contributed by atoms with Crippen LogP contribution in [0.1, 0.15) is 17.2 Å². The molecule has 1 atom stereocenters. The normalized spacial score (nSPS) is 16.3. The summed E-state index contributed by atoms with van der Waals surface area (Å²) in [7, 11) is 0. The summed E-state index contributed by atoms with van der Waals surface area (Å²) in [6, 6.07) is 12.8. The number of rotatable bonds is 4. The molecule has 110 valence electrons. The maximum atomic E-state index is 13.7. The Balaban J connectivity index is 1.86. The third-order valence-corrected chi connectivity index (χ3v) is 4.10. The van der Waals surface area contributed by atoms with Gasteiger partial charge in [-0.15, -0.1) is 0 Å². The van der Waals surface area contributed by atoms with Gasteiger partial charge in [0.15, 0.2) is 0 Å². The quantitative estimate of drug-likeness (QED) is 0.917. The molecule has 0 saturated carbocycles. The van der Waals surface area contributed by atoms with Gasteiger partial charge in [0.25, 0.3) is 0 Å². The van der Waals surface area contributed by atoms with Crippen LogP contribution in [0.3, 0.4) is 0 Å². The Labute approximate surface area is 128 Å². The van der Waals surface area contributed by atoms with Crippen molar-refractivity contribution in [3.63, 3.8) is 0 Å². The molecule has 2 nitrogen and oxygen atoms in total. The molecule has 2 aromatic rings. The SMILES string of the molecule is Cc1ccc(O[C@H](c2ccc(Cl)c(F)c2)C2CNC2)cc1. The van der Waals surface area contributed by atoms with E-state index in [0.29, 0.717) is 5.92 Å². The van der Waals surface area contributed by atoms with E-state index in [1.54, 1.807) is 6.07 Å². The summed E-state index contributed by atoms with van der Waals surface area (Å²) in [5.74, 6) is 0.735.